The molecule has 0 saturated carbocycles. The van der Waals surface area contributed by atoms with Crippen molar-refractivity contribution in [1.29, 1.82) is 0 Å². The van der Waals surface area contributed by atoms with Gasteiger partial charge in [-0.3, -0.25) is 52.7 Å². The summed E-state index contributed by atoms with van der Waals surface area (Å²) in [5, 5.41) is 48.7. The Morgan fingerprint density at radius 3 is 1.37 bits per heavy atom. The summed E-state index contributed by atoms with van der Waals surface area (Å²) in [6, 6.07) is -6.56. The summed E-state index contributed by atoms with van der Waals surface area (Å²) in [5.41, 5.74) is 18.4. The first-order valence-electron chi connectivity index (χ1n) is 31.9. The number of carboxylic acids is 1. The smallest absolute Gasteiger partial charge is 0.326 e. The second-order valence-corrected chi connectivity index (χ2v) is 24.5. The number of H-pyrrole nitrogens is 1. The number of imidazole rings is 1. The van der Waals surface area contributed by atoms with Gasteiger partial charge in [-0.25, -0.2) is 9.78 Å². The van der Waals surface area contributed by atoms with Gasteiger partial charge in [-0.2, -0.15) is 11.8 Å². The number of benzene rings is 1. The molecule has 30 nitrogen and oxygen atoms in total. The Kier molecular flexibility index (Phi) is 37.8. The molecule has 0 radical (unpaired) electrons. The quantitative estimate of drug-likeness (QED) is 0.0323. The average Bonchev–Trinajstić information content (AvgIpc) is 1.33. The highest BCUT2D eigenvalue weighted by atomic mass is 32.2. The highest BCUT2D eigenvalue weighted by Gasteiger charge is 2.38. The van der Waals surface area contributed by atoms with E-state index >= 15 is 0 Å². The maximum absolute atomic E-state index is 14.3. The number of aromatic nitrogens is 2. The van der Waals surface area contributed by atoms with Crippen molar-refractivity contribution in [3.63, 3.8) is 0 Å². The van der Waals surface area contributed by atoms with Crippen LogP contribution in [0.4, 0.5) is 0 Å². The van der Waals surface area contributed by atoms with Gasteiger partial charge in [0.2, 0.25) is 65.0 Å². The Morgan fingerprint density at radius 2 is 0.871 bits per heavy atom. The van der Waals surface area contributed by atoms with Gasteiger partial charge in [0.1, 0.15) is 66.5 Å². The fraction of sp³-hybridized carbons (Fsp3) is 0.661. The summed E-state index contributed by atoms with van der Waals surface area (Å²) >= 11 is 1.53. The molecule has 31 heteroatoms. The molecule has 20 N–H and O–H groups in total. The zero-order valence-corrected chi connectivity index (χ0v) is 56.2. The molecule has 0 spiro atoms. The zero-order chi connectivity index (χ0) is 69.9. The lowest BCUT2D eigenvalue weighted by molar-refractivity contribution is -0.142. The van der Waals surface area contributed by atoms with Crippen molar-refractivity contribution >= 4 is 82.7 Å². The molecule has 0 fully saturated rings. The molecule has 522 valence electrons. The number of carbonyl (C=O) groups is 12. The maximum Gasteiger partial charge on any atom is 0.326 e. The number of hydrogen-bond acceptors (Lipinski definition) is 18. The normalized spacial score (nSPS) is 16.1. The number of carbonyl (C=O) groups excluding carboxylic acids is 11. The average molecular weight is 1330 g/mol. The Morgan fingerprint density at radius 1 is 0.484 bits per heavy atom. The Bertz CT molecular complexity index is 2710. The number of aliphatic carboxylic acids is 1. The van der Waals surface area contributed by atoms with Crippen LogP contribution in [0.2, 0.25) is 0 Å². The van der Waals surface area contributed by atoms with Gasteiger partial charge in [0.05, 0.1) is 19.0 Å². The lowest BCUT2D eigenvalue weighted by Gasteiger charge is -2.30. The molecule has 2 aromatic rings. The van der Waals surface area contributed by atoms with Crippen LogP contribution in [0.1, 0.15) is 138 Å². The number of hydrogen-bond donors (Lipinski definition) is 17. The van der Waals surface area contributed by atoms with Crippen molar-refractivity contribution in [3.05, 3.63) is 54.1 Å². The molecule has 0 aliphatic carbocycles. The standard InChI is InChI=1S/C62H104N16O14S/c1-11-34(4)48(76-53(82)39(9)69-56(85)45(29-40-21-15-14-16-22-40)74-60(89)49(35(5)12-2)78-61(90)50(36(6)13-3)77-54(83)42(65)25-28-93-10)59(88)70-37(7)51(80)68-38(8)52(81)75-47(32-79)58(87)73-46(30-41-31-66-33-67-41)57(86)71-43(23-17-19-26-63)55(84)72-44(62(91)92)24-18-20-27-64/h14-16,21-22,31,33-39,42-50,79H,11-13,17-20,23-30,32,63-65H2,1-10H3,(H,66,67)(H,68,80)(H,69,85)(H,70,88)(H,71,86)(H,72,84)(H,73,87)(H,74,89)(H,75,81)(H,76,82)(H,77,83)(H,78,90)(H,91,92)/t34-,35-,36-,37-,38-,39-,42-,43-,44-,45-,46-,47-,48-,49-,50-/m0/s1. The number of rotatable bonds is 45. The van der Waals surface area contributed by atoms with Crippen LogP contribution < -0.4 is 75.7 Å². The summed E-state index contributed by atoms with van der Waals surface area (Å²) in [7, 11) is 0. The van der Waals surface area contributed by atoms with E-state index < -0.39 is 162 Å². The lowest BCUT2D eigenvalue weighted by atomic mass is 9.94. The number of aromatic amines is 1. The minimum absolute atomic E-state index is 0.0322. The highest BCUT2D eigenvalue weighted by Crippen LogP contribution is 2.16. The predicted octanol–water partition coefficient (Wildman–Crippen LogP) is -1.86. The van der Waals surface area contributed by atoms with Crippen LogP contribution in [0.25, 0.3) is 0 Å². The topological polar surface area (TPSA) is 484 Å². The molecule has 1 heterocycles. The monoisotopic (exact) mass is 1330 g/mol. The van der Waals surface area contributed by atoms with E-state index in [1.165, 1.54) is 45.1 Å². The van der Waals surface area contributed by atoms with Crippen LogP contribution in [0, 0.1) is 17.8 Å². The minimum Gasteiger partial charge on any atom is -0.480 e. The summed E-state index contributed by atoms with van der Waals surface area (Å²) in [6.07, 6.45) is 7.95. The predicted molar refractivity (Wildman–Crippen MR) is 351 cm³/mol. The molecule has 2 rings (SSSR count). The van der Waals surface area contributed by atoms with E-state index in [-0.39, 0.29) is 38.1 Å². The van der Waals surface area contributed by atoms with E-state index in [9.17, 15) is 67.7 Å². The van der Waals surface area contributed by atoms with Crippen molar-refractivity contribution in [1.82, 2.24) is 68.5 Å². The fourth-order valence-corrected chi connectivity index (χ4v) is 9.87. The van der Waals surface area contributed by atoms with Crippen LogP contribution in [-0.2, 0) is 70.4 Å². The van der Waals surface area contributed by atoms with E-state index in [2.05, 4.69) is 68.5 Å². The number of nitrogens with zero attached hydrogens (tertiary/aromatic N) is 1. The Balaban J connectivity index is 2.23. The highest BCUT2D eigenvalue weighted by molar-refractivity contribution is 7.98. The van der Waals surface area contributed by atoms with Gasteiger partial charge in [0, 0.05) is 24.7 Å². The van der Waals surface area contributed by atoms with Crippen LogP contribution in [0.15, 0.2) is 42.9 Å². The van der Waals surface area contributed by atoms with Crippen LogP contribution in [-0.4, -0.2) is 195 Å². The third kappa shape index (κ3) is 28.6. The van der Waals surface area contributed by atoms with Gasteiger partial charge in [-0.1, -0.05) is 91.1 Å². The Hall–Kier alpha value is -7.74. The number of aliphatic hydroxyl groups excluding tert-OH is 1. The second-order valence-electron chi connectivity index (χ2n) is 23.6. The van der Waals surface area contributed by atoms with Gasteiger partial charge >= 0.3 is 5.97 Å². The number of carboxylic acid groups (broad SMARTS) is 1. The lowest BCUT2D eigenvalue weighted by Crippen LogP contribution is -2.62. The fourth-order valence-electron chi connectivity index (χ4n) is 9.38. The van der Waals surface area contributed by atoms with Gasteiger partial charge in [-0.15, -0.1) is 0 Å². The van der Waals surface area contributed by atoms with Gasteiger partial charge < -0.3 is 90.9 Å². The molecule has 11 amide bonds. The summed E-state index contributed by atoms with van der Waals surface area (Å²) < 4.78 is 0. The molecule has 0 aliphatic rings. The number of thioether (sulfide) groups is 1. The van der Waals surface area contributed by atoms with Crippen molar-refractivity contribution < 1.29 is 67.7 Å². The molecule has 0 aliphatic heterocycles. The molecule has 0 unspecified atom stereocenters. The van der Waals surface area contributed by atoms with Gasteiger partial charge in [0.15, 0.2) is 0 Å². The van der Waals surface area contributed by atoms with E-state index in [0.29, 0.717) is 74.9 Å². The molecular weight excluding hydrogens is 1220 g/mol. The molecule has 15 atom stereocenters. The van der Waals surface area contributed by atoms with Crippen LogP contribution in [0.5, 0.6) is 0 Å². The molecule has 1 aromatic carbocycles. The maximum atomic E-state index is 14.3. The largest absolute Gasteiger partial charge is 0.480 e. The Labute approximate surface area is 549 Å². The molecule has 1 aromatic heterocycles. The van der Waals surface area contributed by atoms with Crippen LogP contribution in [0.3, 0.4) is 0 Å². The van der Waals surface area contributed by atoms with Crippen molar-refractivity contribution in [2.75, 3.05) is 31.7 Å². The van der Waals surface area contributed by atoms with E-state index in [4.69, 9.17) is 17.2 Å². The number of nitrogens with one attached hydrogen (secondary N) is 12. The second kappa shape index (κ2) is 43.2. The van der Waals surface area contributed by atoms with Crippen LogP contribution >= 0.6 is 11.8 Å². The van der Waals surface area contributed by atoms with Crippen molar-refractivity contribution in [2.45, 2.75) is 212 Å². The van der Waals surface area contributed by atoms with E-state index in [0.717, 1.165) is 0 Å². The number of amides is 11. The number of unbranched alkanes of at least 4 members (excludes halogenated alkanes) is 2. The zero-order valence-electron chi connectivity index (χ0n) is 55.4. The van der Waals surface area contributed by atoms with Gasteiger partial charge in [-0.05, 0) is 114 Å². The molecular formula is C62H104N16O14S. The van der Waals surface area contributed by atoms with Crippen molar-refractivity contribution in [3.8, 4) is 0 Å². The number of nitrogens with two attached hydrogens (primary N) is 3. The first kappa shape index (κ1) is 81.4. The summed E-state index contributed by atoms with van der Waals surface area (Å²) in [5.74, 6) is -10.7. The summed E-state index contributed by atoms with van der Waals surface area (Å²) in [4.78, 5) is 171. The third-order valence-corrected chi connectivity index (χ3v) is 16.7. The third-order valence-electron chi connectivity index (χ3n) is 16.1. The van der Waals surface area contributed by atoms with Crippen molar-refractivity contribution in [2.24, 2.45) is 35.0 Å². The molecule has 93 heavy (non-hydrogen) atoms. The van der Waals surface area contributed by atoms with Gasteiger partial charge in [0.25, 0.3) is 0 Å². The molecule has 0 saturated heterocycles. The van der Waals surface area contributed by atoms with E-state index in [1.54, 1.807) is 58.0 Å². The number of aliphatic hydroxyl groups is 1. The molecule has 0 bridgehead atoms. The first-order valence-corrected chi connectivity index (χ1v) is 33.3. The first-order chi connectivity index (χ1) is 44.1. The SMILES string of the molecule is CC[C@H](C)[C@H](NC(=O)[C@H](C)NC(=O)[C@H](Cc1ccccc1)NC(=O)[C@@H](NC(=O)[C@@H](NC(=O)[C@@H](N)CCSC)[C@@H](C)CC)[C@@H](C)CC)C(=O)N[C@@H](C)C(=O)N[C@@H](C)C(=O)N[C@@H](CO)C(=O)N[C@@H](Cc1cnc[nH]1)C(=O)N[C@@H](CCCCN)C(=O)N[C@@H](CCCCN)C(=O)O. The minimum atomic E-state index is -1.70. The summed E-state index contributed by atoms with van der Waals surface area (Å²) in [6.45, 7) is 14.2. The van der Waals surface area contributed by atoms with E-state index in [1.807, 2.05) is 20.1 Å².